The molecular formula is C15H13NO2. The van der Waals surface area contributed by atoms with Crippen LogP contribution in [0.1, 0.15) is 22.5 Å². The van der Waals surface area contributed by atoms with Crippen LogP contribution in [0.15, 0.2) is 54.7 Å². The van der Waals surface area contributed by atoms with E-state index in [0.717, 1.165) is 5.56 Å². The fourth-order valence-corrected chi connectivity index (χ4v) is 1.57. The van der Waals surface area contributed by atoms with Gasteiger partial charge in [-0.3, -0.25) is 9.59 Å². The highest BCUT2D eigenvalue weighted by Crippen LogP contribution is 2.04. The Labute approximate surface area is 105 Å². The largest absolute Gasteiger partial charge is 0.359 e. The zero-order valence-electron chi connectivity index (χ0n) is 9.80. The minimum atomic E-state index is -0.196. The number of benzene rings is 1. The van der Waals surface area contributed by atoms with Gasteiger partial charge in [0.1, 0.15) is 0 Å². The van der Waals surface area contributed by atoms with E-state index in [0.29, 0.717) is 5.69 Å². The predicted molar refractivity (Wildman–Crippen MR) is 70.2 cm³/mol. The molecule has 3 nitrogen and oxygen atoms in total. The van der Waals surface area contributed by atoms with Crippen LogP contribution in [0.5, 0.6) is 0 Å². The fraction of sp³-hybridized carbons (Fsp3) is 0.0667. The Morgan fingerprint density at radius 3 is 2.50 bits per heavy atom. The topological polar surface area (TPSA) is 49.9 Å². The van der Waals surface area contributed by atoms with E-state index < -0.39 is 0 Å². The molecule has 0 amide bonds. The summed E-state index contributed by atoms with van der Waals surface area (Å²) >= 11 is 0. The Bertz CT molecular complexity index is 553. The Morgan fingerprint density at radius 1 is 1.06 bits per heavy atom. The lowest BCUT2D eigenvalue weighted by atomic mass is 10.1. The van der Waals surface area contributed by atoms with Crippen LogP contribution in [0, 0.1) is 0 Å². The average molecular weight is 239 g/mol. The number of H-pyrrole nitrogens is 1. The number of allylic oxidation sites excluding steroid dienone is 1. The molecule has 0 bridgehead atoms. The zero-order valence-corrected chi connectivity index (χ0v) is 9.80. The van der Waals surface area contributed by atoms with Crippen molar-refractivity contribution < 1.29 is 9.59 Å². The number of nitrogens with one attached hydrogen (secondary N) is 1. The monoisotopic (exact) mass is 239 g/mol. The molecule has 0 aliphatic carbocycles. The zero-order chi connectivity index (χ0) is 12.8. The van der Waals surface area contributed by atoms with Crippen LogP contribution < -0.4 is 0 Å². The highest BCUT2D eigenvalue weighted by atomic mass is 16.1. The summed E-state index contributed by atoms with van der Waals surface area (Å²) in [6.45, 7) is 0. The third kappa shape index (κ3) is 3.28. The van der Waals surface area contributed by atoms with Crippen LogP contribution in [-0.2, 0) is 4.79 Å². The lowest BCUT2D eigenvalue weighted by Crippen LogP contribution is -2.05. The van der Waals surface area contributed by atoms with Gasteiger partial charge in [0.25, 0.3) is 0 Å². The number of ketones is 2. The van der Waals surface area contributed by atoms with Crippen LogP contribution >= 0.6 is 0 Å². The van der Waals surface area contributed by atoms with Crippen LogP contribution in [0.3, 0.4) is 0 Å². The highest BCUT2D eigenvalue weighted by molar-refractivity contribution is 6.11. The number of aromatic nitrogens is 1. The molecule has 0 aliphatic rings. The van der Waals surface area contributed by atoms with E-state index in [9.17, 15) is 9.59 Å². The minimum Gasteiger partial charge on any atom is -0.359 e. The van der Waals surface area contributed by atoms with Crippen molar-refractivity contribution in [1.82, 2.24) is 4.98 Å². The second kappa shape index (κ2) is 5.77. The molecule has 1 heterocycles. The smallest absolute Gasteiger partial charge is 0.186 e. The van der Waals surface area contributed by atoms with E-state index in [1.54, 1.807) is 24.4 Å². The first-order valence-electron chi connectivity index (χ1n) is 5.68. The summed E-state index contributed by atoms with van der Waals surface area (Å²) in [6, 6.07) is 12.9. The average Bonchev–Trinajstić information content (AvgIpc) is 2.91. The third-order valence-corrected chi connectivity index (χ3v) is 2.49. The number of hydrogen-bond acceptors (Lipinski definition) is 2. The van der Waals surface area contributed by atoms with Gasteiger partial charge in [0.15, 0.2) is 11.6 Å². The van der Waals surface area contributed by atoms with Crippen molar-refractivity contribution >= 4 is 17.6 Å². The van der Waals surface area contributed by atoms with Crippen LogP contribution in [-0.4, -0.2) is 16.6 Å². The summed E-state index contributed by atoms with van der Waals surface area (Å²) in [5.41, 5.74) is 1.41. The van der Waals surface area contributed by atoms with Gasteiger partial charge in [0.2, 0.25) is 0 Å². The van der Waals surface area contributed by atoms with Crippen molar-refractivity contribution in [3.05, 3.63) is 66.0 Å². The number of rotatable bonds is 5. The van der Waals surface area contributed by atoms with Gasteiger partial charge in [-0.15, -0.1) is 0 Å². The van der Waals surface area contributed by atoms with Gasteiger partial charge in [-0.05, 0) is 23.8 Å². The lowest BCUT2D eigenvalue weighted by molar-refractivity contribution is -0.113. The Hall–Kier alpha value is -2.42. The van der Waals surface area contributed by atoms with Crippen molar-refractivity contribution in [2.45, 2.75) is 6.42 Å². The van der Waals surface area contributed by atoms with Crippen LogP contribution in [0.2, 0.25) is 0 Å². The maximum atomic E-state index is 11.6. The van der Waals surface area contributed by atoms with Gasteiger partial charge in [0.05, 0.1) is 12.1 Å². The SMILES string of the molecule is O=C(/C=C/c1ccccc1)CC(=O)c1ccc[nH]1. The summed E-state index contributed by atoms with van der Waals surface area (Å²) in [5.74, 6) is -0.388. The second-order valence-electron chi connectivity index (χ2n) is 3.89. The molecule has 0 atom stereocenters. The molecule has 1 aromatic carbocycles. The summed E-state index contributed by atoms with van der Waals surface area (Å²) in [5, 5.41) is 0. The van der Waals surface area contributed by atoms with E-state index >= 15 is 0 Å². The first-order chi connectivity index (χ1) is 8.75. The summed E-state index contributed by atoms with van der Waals surface area (Å²) in [7, 11) is 0. The number of carbonyl (C=O) groups is 2. The van der Waals surface area contributed by atoms with Gasteiger partial charge in [-0.2, -0.15) is 0 Å². The van der Waals surface area contributed by atoms with Crippen molar-refractivity contribution in [1.29, 1.82) is 0 Å². The van der Waals surface area contributed by atoms with Gasteiger partial charge in [-0.1, -0.05) is 36.4 Å². The number of Topliss-reactive ketones (excluding diaryl/α,β-unsaturated/α-hetero) is 1. The molecule has 0 saturated heterocycles. The quantitative estimate of drug-likeness (QED) is 0.495. The van der Waals surface area contributed by atoms with E-state index in [2.05, 4.69) is 4.98 Å². The summed E-state index contributed by atoms with van der Waals surface area (Å²) in [4.78, 5) is 26.0. The molecule has 2 aromatic rings. The Morgan fingerprint density at radius 2 is 1.83 bits per heavy atom. The van der Waals surface area contributed by atoms with Gasteiger partial charge in [0, 0.05) is 6.20 Å². The molecule has 1 N–H and O–H groups in total. The molecule has 90 valence electrons. The van der Waals surface area contributed by atoms with Crippen LogP contribution in [0.4, 0.5) is 0 Å². The van der Waals surface area contributed by atoms with Crippen molar-refractivity contribution in [2.75, 3.05) is 0 Å². The standard InChI is InChI=1S/C15H13NO2/c17-13(9-8-12-5-2-1-3-6-12)11-15(18)14-7-4-10-16-14/h1-10,16H,11H2/b9-8+. The first-order valence-corrected chi connectivity index (χ1v) is 5.68. The highest BCUT2D eigenvalue weighted by Gasteiger charge is 2.09. The third-order valence-electron chi connectivity index (χ3n) is 2.49. The molecule has 0 unspecified atom stereocenters. The molecule has 3 heteroatoms. The van der Waals surface area contributed by atoms with E-state index in [-0.39, 0.29) is 18.0 Å². The maximum absolute atomic E-state index is 11.6. The van der Waals surface area contributed by atoms with E-state index in [1.165, 1.54) is 6.08 Å². The van der Waals surface area contributed by atoms with Gasteiger partial charge < -0.3 is 4.98 Å². The molecule has 0 spiro atoms. The van der Waals surface area contributed by atoms with Crippen molar-refractivity contribution in [2.24, 2.45) is 0 Å². The summed E-state index contributed by atoms with van der Waals surface area (Å²) < 4.78 is 0. The Balaban J connectivity index is 1.93. The summed E-state index contributed by atoms with van der Waals surface area (Å²) in [6.07, 6.45) is 4.71. The number of carbonyl (C=O) groups excluding carboxylic acids is 2. The molecular weight excluding hydrogens is 226 g/mol. The fourth-order valence-electron chi connectivity index (χ4n) is 1.57. The minimum absolute atomic E-state index is 0.107. The maximum Gasteiger partial charge on any atom is 0.186 e. The Kier molecular flexibility index (Phi) is 3.86. The van der Waals surface area contributed by atoms with Gasteiger partial charge in [-0.25, -0.2) is 0 Å². The molecule has 1 aromatic heterocycles. The second-order valence-corrected chi connectivity index (χ2v) is 3.89. The lowest BCUT2D eigenvalue weighted by Gasteiger charge is -1.94. The van der Waals surface area contributed by atoms with Gasteiger partial charge >= 0.3 is 0 Å². The predicted octanol–water partition coefficient (Wildman–Crippen LogP) is 2.87. The molecule has 18 heavy (non-hydrogen) atoms. The van der Waals surface area contributed by atoms with Crippen molar-refractivity contribution in [3.63, 3.8) is 0 Å². The molecule has 2 rings (SSSR count). The molecule has 0 aliphatic heterocycles. The number of hydrogen-bond donors (Lipinski definition) is 1. The molecule has 0 saturated carbocycles. The first kappa shape index (κ1) is 12.0. The van der Waals surface area contributed by atoms with Crippen LogP contribution in [0.25, 0.3) is 6.08 Å². The number of aromatic amines is 1. The molecule has 0 radical (unpaired) electrons. The van der Waals surface area contributed by atoms with E-state index in [4.69, 9.17) is 0 Å². The van der Waals surface area contributed by atoms with E-state index in [1.807, 2.05) is 30.3 Å². The molecule has 0 fully saturated rings. The normalized spacial score (nSPS) is 10.7. The van der Waals surface area contributed by atoms with Crippen molar-refractivity contribution in [3.8, 4) is 0 Å².